The summed E-state index contributed by atoms with van der Waals surface area (Å²) in [6.45, 7) is 7.77. The molecule has 1 aliphatic heterocycles. The molecule has 3 heteroatoms. The predicted molar refractivity (Wildman–Crippen MR) is 92.2 cm³/mol. The number of para-hydroxylation sites is 1. The van der Waals surface area contributed by atoms with E-state index in [4.69, 9.17) is 0 Å². The van der Waals surface area contributed by atoms with Gasteiger partial charge in [0, 0.05) is 35.1 Å². The van der Waals surface area contributed by atoms with Crippen molar-refractivity contribution in [2.75, 3.05) is 18.5 Å². The molecular formula is C18H24N2S. The lowest BCUT2D eigenvalue weighted by Crippen LogP contribution is -2.33. The highest BCUT2D eigenvalue weighted by Gasteiger charge is 2.22. The zero-order valence-electron chi connectivity index (χ0n) is 13.1. The van der Waals surface area contributed by atoms with Crippen molar-refractivity contribution < 1.29 is 0 Å². The Bertz CT molecular complexity index is 617. The quantitative estimate of drug-likeness (QED) is 0.919. The summed E-state index contributed by atoms with van der Waals surface area (Å²) in [5.74, 6) is 0.732. The lowest BCUT2D eigenvalue weighted by atomic mass is 9.93. The maximum absolute atomic E-state index is 3.25. The first-order valence-corrected chi connectivity index (χ1v) is 8.54. The lowest BCUT2D eigenvalue weighted by Gasteiger charge is -2.35. The summed E-state index contributed by atoms with van der Waals surface area (Å²) in [7, 11) is 2.01. The minimum Gasteiger partial charge on any atom is -0.367 e. The second-order valence-electron chi connectivity index (χ2n) is 6.14. The normalized spacial score (nSPS) is 17.9. The van der Waals surface area contributed by atoms with Gasteiger partial charge in [-0.3, -0.25) is 0 Å². The minimum atomic E-state index is 0.732. The van der Waals surface area contributed by atoms with Gasteiger partial charge < -0.3 is 10.2 Å². The van der Waals surface area contributed by atoms with E-state index in [9.17, 15) is 0 Å². The van der Waals surface area contributed by atoms with E-state index in [0.29, 0.717) is 0 Å². The van der Waals surface area contributed by atoms with Gasteiger partial charge in [0.1, 0.15) is 0 Å². The van der Waals surface area contributed by atoms with Crippen LogP contribution >= 0.6 is 11.3 Å². The van der Waals surface area contributed by atoms with E-state index in [1.165, 1.54) is 33.0 Å². The molecule has 1 unspecified atom stereocenters. The molecule has 0 aliphatic carbocycles. The van der Waals surface area contributed by atoms with E-state index in [-0.39, 0.29) is 0 Å². The zero-order chi connectivity index (χ0) is 14.8. The molecule has 1 aliphatic rings. The first-order chi connectivity index (χ1) is 10.2. The number of nitrogens with zero attached hydrogens (tertiary/aromatic N) is 1. The van der Waals surface area contributed by atoms with Gasteiger partial charge in [-0.05, 0) is 49.6 Å². The van der Waals surface area contributed by atoms with Gasteiger partial charge in [-0.1, -0.05) is 25.1 Å². The summed E-state index contributed by atoms with van der Waals surface area (Å²) in [6, 6.07) is 11.3. The van der Waals surface area contributed by atoms with E-state index < -0.39 is 0 Å². The number of rotatable bonds is 4. The molecule has 0 bridgehead atoms. The summed E-state index contributed by atoms with van der Waals surface area (Å²) >= 11 is 1.92. The Morgan fingerprint density at radius 3 is 2.95 bits per heavy atom. The second kappa shape index (κ2) is 6.20. The van der Waals surface area contributed by atoms with Crippen LogP contribution in [-0.4, -0.2) is 13.6 Å². The summed E-state index contributed by atoms with van der Waals surface area (Å²) in [4.78, 5) is 5.45. The van der Waals surface area contributed by atoms with E-state index >= 15 is 0 Å². The van der Waals surface area contributed by atoms with Crippen LogP contribution in [-0.2, 0) is 19.5 Å². The van der Waals surface area contributed by atoms with Crippen LogP contribution in [0.2, 0.25) is 0 Å². The smallest absolute Gasteiger partial charge is 0.0440 e. The fourth-order valence-corrected chi connectivity index (χ4v) is 4.33. The van der Waals surface area contributed by atoms with Gasteiger partial charge in [-0.25, -0.2) is 0 Å². The third kappa shape index (κ3) is 3.14. The molecule has 112 valence electrons. The molecule has 2 nitrogen and oxygen atoms in total. The molecule has 3 rings (SSSR count). The van der Waals surface area contributed by atoms with Gasteiger partial charge in [0.15, 0.2) is 0 Å². The van der Waals surface area contributed by atoms with Gasteiger partial charge in [0.25, 0.3) is 0 Å². The highest BCUT2D eigenvalue weighted by molar-refractivity contribution is 7.12. The first kappa shape index (κ1) is 14.6. The molecule has 0 saturated heterocycles. The van der Waals surface area contributed by atoms with Gasteiger partial charge in [-0.2, -0.15) is 0 Å². The van der Waals surface area contributed by atoms with Crippen LogP contribution in [0.5, 0.6) is 0 Å². The molecule has 1 aromatic carbocycles. The number of thiophene rings is 1. The summed E-state index contributed by atoms with van der Waals surface area (Å²) in [6.07, 6.45) is 1.21. The van der Waals surface area contributed by atoms with Crippen molar-refractivity contribution >= 4 is 17.0 Å². The monoisotopic (exact) mass is 300 g/mol. The summed E-state index contributed by atoms with van der Waals surface area (Å²) < 4.78 is 0. The van der Waals surface area contributed by atoms with Crippen molar-refractivity contribution in [2.45, 2.75) is 33.4 Å². The van der Waals surface area contributed by atoms with Crippen LogP contribution < -0.4 is 10.2 Å². The van der Waals surface area contributed by atoms with Gasteiger partial charge >= 0.3 is 0 Å². The maximum Gasteiger partial charge on any atom is 0.0440 e. The highest BCUT2D eigenvalue weighted by Crippen LogP contribution is 2.32. The molecule has 0 fully saturated rings. The number of anilines is 1. The van der Waals surface area contributed by atoms with Crippen LogP contribution in [0.4, 0.5) is 5.69 Å². The SMILES string of the molecule is CNCc1cc(CN2CC(C)Cc3ccccc32)c(C)s1. The number of nitrogens with one attached hydrogen (secondary N) is 1. The van der Waals surface area contributed by atoms with Crippen molar-refractivity contribution in [3.8, 4) is 0 Å². The van der Waals surface area contributed by atoms with Gasteiger partial charge in [-0.15, -0.1) is 11.3 Å². The molecule has 0 radical (unpaired) electrons. The molecule has 2 heterocycles. The standard InChI is InChI=1S/C18H24N2S/c1-13-8-15-6-4-5-7-18(15)20(11-13)12-16-9-17(10-19-3)21-14(16)2/h4-7,9,13,19H,8,10-12H2,1-3H3. The van der Waals surface area contributed by atoms with Crippen LogP contribution in [0.3, 0.4) is 0 Å². The Labute approximate surface area is 131 Å². The average Bonchev–Trinajstić information content (AvgIpc) is 2.79. The summed E-state index contributed by atoms with van der Waals surface area (Å²) in [5, 5.41) is 3.25. The Kier molecular flexibility index (Phi) is 4.32. The van der Waals surface area contributed by atoms with Crippen molar-refractivity contribution in [1.29, 1.82) is 0 Å². The fraction of sp³-hybridized carbons (Fsp3) is 0.444. The molecule has 0 spiro atoms. The Hall–Kier alpha value is -1.32. The van der Waals surface area contributed by atoms with Crippen molar-refractivity contribution in [3.05, 3.63) is 51.2 Å². The van der Waals surface area contributed by atoms with Crippen molar-refractivity contribution in [3.63, 3.8) is 0 Å². The van der Waals surface area contributed by atoms with E-state index in [0.717, 1.165) is 25.6 Å². The molecule has 21 heavy (non-hydrogen) atoms. The molecule has 0 amide bonds. The highest BCUT2D eigenvalue weighted by atomic mass is 32.1. The van der Waals surface area contributed by atoms with Crippen LogP contribution in [0.25, 0.3) is 0 Å². The predicted octanol–water partition coefficient (Wildman–Crippen LogP) is 3.97. The molecule has 1 aromatic heterocycles. The number of aryl methyl sites for hydroxylation is 1. The second-order valence-corrected chi connectivity index (χ2v) is 7.48. The third-order valence-corrected chi connectivity index (χ3v) is 5.31. The number of fused-ring (bicyclic) bond motifs is 1. The minimum absolute atomic E-state index is 0.732. The fourth-order valence-electron chi connectivity index (χ4n) is 3.27. The van der Waals surface area contributed by atoms with Crippen LogP contribution in [0.15, 0.2) is 30.3 Å². The topological polar surface area (TPSA) is 15.3 Å². The molecule has 1 N–H and O–H groups in total. The summed E-state index contributed by atoms with van der Waals surface area (Å²) in [5.41, 5.74) is 4.41. The van der Waals surface area contributed by atoms with E-state index in [1.807, 2.05) is 18.4 Å². The molecule has 1 atom stereocenters. The Balaban J connectivity index is 1.85. The number of hydrogen-bond acceptors (Lipinski definition) is 3. The maximum atomic E-state index is 3.25. The van der Waals surface area contributed by atoms with E-state index in [1.54, 1.807) is 0 Å². The molecule has 2 aromatic rings. The first-order valence-electron chi connectivity index (χ1n) is 7.73. The molecular weight excluding hydrogens is 276 g/mol. The Morgan fingerprint density at radius 2 is 2.14 bits per heavy atom. The van der Waals surface area contributed by atoms with E-state index in [2.05, 4.69) is 54.4 Å². The molecule has 0 saturated carbocycles. The van der Waals surface area contributed by atoms with Crippen molar-refractivity contribution in [1.82, 2.24) is 5.32 Å². The Morgan fingerprint density at radius 1 is 1.33 bits per heavy atom. The lowest BCUT2D eigenvalue weighted by molar-refractivity contribution is 0.530. The third-order valence-electron chi connectivity index (χ3n) is 4.22. The number of hydrogen-bond donors (Lipinski definition) is 1. The van der Waals surface area contributed by atoms with Gasteiger partial charge in [0.05, 0.1) is 0 Å². The average molecular weight is 300 g/mol. The van der Waals surface area contributed by atoms with Gasteiger partial charge in [0.2, 0.25) is 0 Å². The van der Waals surface area contributed by atoms with Crippen molar-refractivity contribution in [2.24, 2.45) is 5.92 Å². The number of benzene rings is 1. The largest absolute Gasteiger partial charge is 0.367 e. The van der Waals surface area contributed by atoms with Crippen LogP contribution in [0.1, 0.15) is 27.8 Å². The zero-order valence-corrected chi connectivity index (χ0v) is 14.0. The van der Waals surface area contributed by atoms with Crippen LogP contribution in [0, 0.1) is 12.8 Å².